The Kier molecular flexibility index (Phi) is 4.92. The predicted molar refractivity (Wildman–Crippen MR) is 76.5 cm³/mol. The van der Waals surface area contributed by atoms with Crippen LogP contribution < -0.4 is 16.0 Å². The van der Waals surface area contributed by atoms with Gasteiger partial charge in [0.2, 0.25) is 5.91 Å². The van der Waals surface area contributed by atoms with Gasteiger partial charge in [-0.2, -0.15) is 0 Å². The van der Waals surface area contributed by atoms with E-state index in [4.69, 9.17) is 0 Å². The number of hydrogen-bond acceptors (Lipinski definition) is 4. The minimum atomic E-state index is -0.216. The molecule has 2 amide bonds. The zero-order valence-electron chi connectivity index (χ0n) is 11.6. The zero-order chi connectivity index (χ0) is 14.4. The number of aromatic nitrogens is 1. The molecule has 0 saturated carbocycles. The molecule has 1 aliphatic heterocycles. The molecule has 2 heterocycles. The second kappa shape index (κ2) is 6.88. The third kappa shape index (κ3) is 3.94. The molecule has 1 aromatic heterocycles. The van der Waals surface area contributed by atoms with Gasteiger partial charge in [-0.1, -0.05) is 13.0 Å². The normalized spacial score (nSPS) is 17.6. The summed E-state index contributed by atoms with van der Waals surface area (Å²) in [6, 6.07) is 5.36. The van der Waals surface area contributed by atoms with Crippen molar-refractivity contribution in [3.63, 3.8) is 0 Å². The number of anilines is 1. The summed E-state index contributed by atoms with van der Waals surface area (Å²) in [7, 11) is 0. The van der Waals surface area contributed by atoms with E-state index in [1.165, 1.54) is 0 Å². The third-order valence-corrected chi connectivity index (χ3v) is 3.13. The van der Waals surface area contributed by atoms with Gasteiger partial charge in [0.05, 0.1) is 0 Å². The Morgan fingerprint density at radius 2 is 2.35 bits per heavy atom. The van der Waals surface area contributed by atoms with Crippen molar-refractivity contribution in [2.45, 2.75) is 32.2 Å². The summed E-state index contributed by atoms with van der Waals surface area (Å²) in [4.78, 5) is 27.3. The predicted octanol–water partition coefficient (Wildman–Crippen LogP) is 0.912. The van der Waals surface area contributed by atoms with Crippen molar-refractivity contribution in [1.29, 1.82) is 0 Å². The highest BCUT2D eigenvalue weighted by molar-refractivity contribution is 5.92. The molecule has 0 bridgehead atoms. The quantitative estimate of drug-likeness (QED) is 0.721. The van der Waals surface area contributed by atoms with Crippen molar-refractivity contribution in [3.05, 3.63) is 23.9 Å². The molecule has 6 heteroatoms. The lowest BCUT2D eigenvalue weighted by molar-refractivity contribution is -0.119. The van der Waals surface area contributed by atoms with E-state index < -0.39 is 0 Å². The highest BCUT2D eigenvalue weighted by atomic mass is 16.2. The fraction of sp³-hybridized carbons (Fsp3) is 0.500. The fourth-order valence-corrected chi connectivity index (χ4v) is 2.05. The van der Waals surface area contributed by atoms with Crippen LogP contribution in [0.4, 0.5) is 5.82 Å². The number of nitrogens with zero attached hydrogens (tertiary/aromatic N) is 1. The van der Waals surface area contributed by atoms with Gasteiger partial charge in [0.1, 0.15) is 11.5 Å². The highest BCUT2D eigenvalue weighted by Gasteiger charge is 2.21. The monoisotopic (exact) mass is 276 g/mol. The number of carbonyl (C=O) groups is 2. The third-order valence-electron chi connectivity index (χ3n) is 3.13. The standard InChI is InChI=1S/C14H20N4O2/c1-2-8-15-12-5-3-4-11(18-12)14(20)16-9-10-6-7-13(19)17-10/h3-5,10H,2,6-9H2,1H3,(H,15,18)(H,16,20)(H,17,19). The molecule has 1 atom stereocenters. The Bertz CT molecular complexity index is 490. The van der Waals surface area contributed by atoms with Gasteiger partial charge < -0.3 is 16.0 Å². The van der Waals surface area contributed by atoms with Crippen LogP contribution in [-0.2, 0) is 4.79 Å². The molecule has 1 saturated heterocycles. The number of rotatable bonds is 6. The van der Waals surface area contributed by atoms with E-state index in [1.807, 2.05) is 6.07 Å². The molecule has 2 rings (SSSR count). The van der Waals surface area contributed by atoms with Crippen molar-refractivity contribution in [2.75, 3.05) is 18.4 Å². The maximum atomic E-state index is 12.0. The van der Waals surface area contributed by atoms with Crippen LogP contribution in [0.2, 0.25) is 0 Å². The highest BCUT2D eigenvalue weighted by Crippen LogP contribution is 2.07. The lowest BCUT2D eigenvalue weighted by Gasteiger charge is -2.11. The van der Waals surface area contributed by atoms with Crippen molar-refractivity contribution in [1.82, 2.24) is 15.6 Å². The Morgan fingerprint density at radius 3 is 3.05 bits per heavy atom. The molecule has 3 N–H and O–H groups in total. The Balaban J connectivity index is 1.86. The van der Waals surface area contributed by atoms with Crippen LogP contribution in [0.3, 0.4) is 0 Å². The van der Waals surface area contributed by atoms with E-state index in [-0.39, 0.29) is 17.9 Å². The average Bonchev–Trinajstić information content (AvgIpc) is 2.88. The first-order valence-corrected chi connectivity index (χ1v) is 6.97. The molecular formula is C14H20N4O2. The van der Waals surface area contributed by atoms with Crippen LogP contribution in [-0.4, -0.2) is 35.9 Å². The fourth-order valence-electron chi connectivity index (χ4n) is 2.05. The molecule has 1 aromatic rings. The maximum absolute atomic E-state index is 12.0. The summed E-state index contributed by atoms with van der Waals surface area (Å²) in [5, 5.41) is 8.76. The van der Waals surface area contributed by atoms with E-state index in [0.717, 1.165) is 19.4 Å². The maximum Gasteiger partial charge on any atom is 0.270 e. The van der Waals surface area contributed by atoms with E-state index in [9.17, 15) is 9.59 Å². The van der Waals surface area contributed by atoms with Crippen LogP contribution in [0.1, 0.15) is 36.7 Å². The van der Waals surface area contributed by atoms with Crippen LogP contribution in [0.5, 0.6) is 0 Å². The van der Waals surface area contributed by atoms with Gasteiger partial charge in [-0.25, -0.2) is 4.98 Å². The number of pyridine rings is 1. The van der Waals surface area contributed by atoms with Gasteiger partial charge in [0, 0.05) is 25.6 Å². The van der Waals surface area contributed by atoms with Crippen LogP contribution >= 0.6 is 0 Å². The minimum Gasteiger partial charge on any atom is -0.370 e. The molecule has 0 aromatic carbocycles. The van der Waals surface area contributed by atoms with Crippen LogP contribution in [0.25, 0.3) is 0 Å². The summed E-state index contributed by atoms with van der Waals surface area (Å²) in [5.74, 6) is 0.535. The first-order valence-electron chi connectivity index (χ1n) is 6.97. The number of nitrogens with one attached hydrogen (secondary N) is 3. The smallest absolute Gasteiger partial charge is 0.270 e. The van der Waals surface area contributed by atoms with Crippen LogP contribution in [0, 0.1) is 0 Å². The first-order chi connectivity index (χ1) is 9.69. The summed E-state index contributed by atoms with van der Waals surface area (Å²) >= 11 is 0. The van der Waals surface area contributed by atoms with E-state index in [0.29, 0.717) is 24.5 Å². The van der Waals surface area contributed by atoms with E-state index in [2.05, 4.69) is 27.9 Å². The average molecular weight is 276 g/mol. The largest absolute Gasteiger partial charge is 0.370 e. The molecule has 1 unspecified atom stereocenters. The second-order valence-electron chi connectivity index (χ2n) is 4.85. The molecule has 0 radical (unpaired) electrons. The minimum absolute atomic E-state index is 0.0350. The lowest BCUT2D eigenvalue weighted by Crippen LogP contribution is -2.38. The van der Waals surface area contributed by atoms with E-state index in [1.54, 1.807) is 12.1 Å². The number of carbonyl (C=O) groups excluding carboxylic acids is 2. The van der Waals surface area contributed by atoms with Crippen molar-refractivity contribution < 1.29 is 9.59 Å². The molecule has 20 heavy (non-hydrogen) atoms. The Labute approximate surface area is 118 Å². The van der Waals surface area contributed by atoms with Gasteiger partial charge in [0.15, 0.2) is 0 Å². The van der Waals surface area contributed by atoms with E-state index >= 15 is 0 Å². The second-order valence-corrected chi connectivity index (χ2v) is 4.85. The molecule has 6 nitrogen and oxygen atoms in total. The Morgan fingerprint density at radius 1 is 1.50 bits per heavy atom. The zero-order valence-corrected chi connectivity index (χ0v) is 11.6. The van der Waals surface area contributed by atoms with Gasteiger partial charge in [0.25, 0.3) is 5.91 Å². The SMILES string of the molecule is CCCNc1cccc(C(=O)NCC2CCC(=O)N2)n1. The summed E-state index contributed by atoms with van der Waals surface area (Å²) < 4.78 is 0. The number of amides is 2. The van der Waals surface area contributed by atoms with Gasteiger partial charge in [-0.05, 0) is 25.0 Å². The topological polar surface area (TPSA) is 83.1 Å². The lowest BCUT2D eigenvalue weighted by atomic mass is 10.2. The molecule has 1 aliphatic rings. The number of hydrogen-bond donors (Lipinski definition) is 3. The summed E-state index contributed by atoms with van der Waals surface area (Å²) in [5.41, 5.74) is 0.385. The van der Waals surface area contributed by atoms with Crippen LogP contribution in [0.15, 0.2) is 18.2 Å². The summed E-state index contributed by atoms with van der Waals surface area (Å²) in [6.07, 6.45) is 2.30. The van der Waals surface area contributed by atoms with Gasteiger partial charge in [-0.3, -0.25) is 9.59 Å². The molecule has 108 valence electrons. The molecular weight excluding hydrogens is 256 g/mol. The van der Waals surface area contributed by atoms with Crippen molar-refractivity contribution in [2.24, 2.45) is 0 Å². The van der Waals surface area contributed by atoms with Crippen molar-refractivity contribution in [3.8, 4) is 0 Å². The molecule has 1 fully saturated rings. The van der Waals surface area contributed by atoms with Gasteiger partial charge >= 0.3 is 0 Å². The Hall–Kier alpha value is -2.11. The van der Waals surface area contributed by atoms with Gasteiger partial charge in [-0.15, -0.1) is 0 Å². The molecule has 0 spiro atoms. The first kappa shape index (κ1) is 14.3. The summed E-state index contributed by atoms with van der Waals surface area (Å²) in [6.45, 7) is 3.34. The van der Waals surface area contributed by atoms with Crippen molar-refractivity contribution >= 4 is 17.6 Å². The molecule has 0 aliphatic carbocycles.